The first-order chi connectivity index (χ1) is 10.4. The van der Waals surface area contributed by atoms with Gasteiger partial charge in [-0.1, -0.05) is 6.07 Å². The summed E-state index contributed by atoms with van der Waals surface area (Å²) >= 11 is 0. The van der Waals surface area contributed by atoms with Gasteiger partial charge in [-0.2, -0.15) is 0 Å². The predicted octanol–water partition coefficient (Wildman–Crippen LogP) is 0.0522. The first-order valence-corrected chi connectivity index (χ1v) is 8.42. The van der Waals surface area contributed by atoms with Crippen molar-refractivity contribution in [2.45, 2.75) is 6.54 Å². The van der Waals surface area contributed by atoms with Gasteiger partial charge in [0.2, 0.25) is 10.0 Å². The third-order valence-corrected chi connectivity index (χ3v) is 3.40. The molecule has 0 saturated carbocycles. The van der Waals surface area contributed by atoms with Crippen LogP contribution in [0.25, 0.3) is 0 Å². The lowest BCUT2D eigenvalue weighted by atomic mass is 10.2. The number of benzene rings is 1. The van der Waals surface area contributed by atoms with Crippen molar-refractivity contribution in [1.82, 2.24) is 15.4 Å². The van der Waals surface area contributed by atoms with E-state index in [0.717, 1.165) is 11.8 Å². The fraction of sp³-hybridized carbons (Fsp3) is 0.462. The summed E-state index contributed by atoms with van der Waals surface area (Å²) in [6.45, 7) is 0.652. The number of urea groups is 1. The van der Waals surface area contributed by atoms with Crippen molar-refractivity contribution in [3.05, 3.63) is 23.8 Å². The van der Waals surface area contributed by atoms with Crippen LogP contribution in [-0.2, 0) is 16.6 Å². The van der Waals surface area contributed by atoms with Crippen LogP contribution in [0.5, 0.6) is 11.5 Å². The zero-order valence-electron chi connectivity index (χ0n) is 12.8. The van der Waals surface area contributed by atoms with Gasteiger partial charge in [0.05, 0.1) is 20.5 Å². The number of methoxy groups -OCH3 is 2. The molecule has 22 heavy (non-hydrogen) atoms. The minimum atomic E-state index is -3.24. The van der Waals surface area contributed by atoms with E-state index in [1.165, 1.54) is 7.11 Å². The van der Waals surface area contributed by atoms with Gasteiger partial charge in [-0.3, -0.25) is 0 Å². The first-order valence-electron chi connectivity index (χ1n) is 6.53. The Bertz CT molecular complexity index is 604. The number of ether oxygens (including phenoxy) is 2. The zero-order chi connectivity index (χ0) is 16.6. The maximum absolute atomic E-state index is 11.6. The van der Waals surface area contributed by atoms with Crippen LogP contribution in [0.3, 0.4) is 0 Å². The Morgan fingerprint density at radius 1 is 1.09 bits per heavy atom. The molecule has 0 aliphatic heterocycles. The summed E-state index contributed by atoms with van der Waals surface area (Å²) in [5.41, 5.74) is 0.849. The maximum atomic E-state index is 11.6. The number of sulfonamides is 1. The van der Waals surface area contributed by atoms with Crippen LogP contribution < -0.4 is 24.8 Å². The second-order valence-electron chi connectivity index (χ2n) is 4.47. The van der Waals surface area contributed by atoms with E-state index in [1.54, 1.807) is 19.2 Å². The highest BCUT2D eigenvalue weighted by Crippen LogP contribution is 2.27. The number of carbonyl (C=O) groups is 1. The van der Waals surface area contributed by atoms with Crippen molar-refractivity contribution in [2.75, 3.05) is 33.6 Å². The molecule has 0 aliphatic rings. The topological polar surface area (TPSA) is 106 Å². The maximum Gasteiger partial charge on any atom is 0.315 e. The Balaban J connectivity index is 2.38. The SMILES string of the molecule is COc1ccc(CNC(=O)NCCNS(C)(=O)=O)cc1OC. The van der Waals surface area contributed by atoms with Crippen LogP contribution in [0.15, 0.2) is 18.2 Å². The molecule has 9 heteroatoms. The third-order valence-electron chi connectivity index (χ3n) is 2.68. The molecule has 2 amide bonds. The smallest absolute Gasteiger partial charge is 0.315 e. The van der Waals surface area contributed by atoms with Gasteiger partial charge in [0.15, 0.2) is 11.5 Å². The summed E-state index contributed by atoms with van der Waals surface area (Å²) < 4.78 is 34.3. The van der Waals surface area contributed by atoms with E-state index in [9.17, 15) is 13.2 Å². The van der Waals surface area contributed by atoms with Crippen molar-refractivity contribution in [3.8, 4) is 11.5 Å². The molecule has 0 atom stereocenters. The number of rotatable bonds is 8. The monoisotopic (exact) mass is 331 g/mol. The quantitative estimate of drug-likeness (QED) is 0.584. The molecule has 0 aromatic heterocycles. The van der Waals surface area contributed by atoms with Crippen LogP contribution in [0.1, 0.15) is 5.56 Å². The number of hydrogen-bond donors (Lipinski definition) is 3. The highest BCUT2D eigenvalue weighted by molar-refractivity contribution is 7.88. The summed E-state index contributed by atoms with van der Waals surface area (Å²) in [6.07, 6.45) is 1.06. The molecule has 0 saturated heterocycles. The number of hydrogen-bond acceptors (Lipinski definition) is 5. The standard InChI is InChI=1S/C13H21N3O5S/c1-20-11-5-4-10(8-12(11)21-2)9-15-13(17)14-6-7-16-22(3,18)19/h4-5,8,16H,6-7,9H2,1-3H3,(H2,14,15,17). The van der Waals surface area contributed by atoms with Crippen LogP contribution in [-0.4, -0.2) is 48.0 Å². The van der Waals surface area contributed by atoms with Crippen molar-refractivity contribution in [1.29, 1.82) is 0 Å². The molecule has 0 spiro atoms. The molecular formula is C13H21N3O5S. The zero-order valence-corrected chi connectivity index (χ0v) is 13.6. The van der Waals surface area contributed by atoms with Gasteiger partial charge >= 0.3 is 6.03 Å². The van der Waals surface area contributed by atoms with Gasteiger partial charge < -0.3 is 20.1 Å². The minimum absolute atomic E-state index is 0.141. The highest BCUT2D eigenvalue weighted by atomic mass is 32.2. The second-order valence-corrected chi connectivity index (χ2v) is 6.30. The van der Waals surface area contributed by atoms with Crippen LogP contribution >= 0.6 is 0 Å². The van der Waals surface area contributed by atoms with Crippen LogP contribution in [0, 0.1) is 0 Å². The summed E-state index contributed by atoms with van der Waals surface area (Å²) in [5, 5.41) is 5.21. The molecule has 124 valence electrons. The van der Waals surface area contributed by atoms with E-state index in [4.69, 9.17) is 9.47 Å². The van der Waals surface area contributed by atoms with Gasteiger partial charge in [0.25, 0.3) is 0 Å². The predicted molar refractivity (Wildman–Crippen MR) is 82.6 cm³/mol. The molecule has 1 aromatic rings. The lowest BCUT2D eigenvalue weighted by molar-refractivity contribution is 0.240. The van der Waals surface area contributed by atoms with Crippen molar-refractivity contribution in [2.24, 2.45) is 0 Å². The van der Waals surface area contributed by atoms with Crippen molar-refractivity contribution >= 4 is 16.1 Å². The molecule has 0 bridgehead atoms. The van der Waals surface area contributed by atoms with E-state index in [-0.39, 0.29) is 19.1 Å². The second kappa shape index (κ2) is 8.44. The van der Waals surface area contributed by atoms with Crippen LogP contribution in [0.2, 0.25) is 0 Å². The molecular weight excluding hydrogens is 310 g/mol. The Kier molecular flexibility index (Phi) is 6.93. The third kappa shape index (κ3) is 6.64. The van der Waals surface area contributed by atoms with Gasteiger partial charge in [-0.25, -0.2) is 17.9 Å². The average molecular weight is 331 g/mol. The molecule has 0 aliphatic carbocycles. The van der Waals surface area contributed by atoms with E-state index >= 15 is 0 Å². The van der Waals surface area contributed by atoms with E-state index in [0.29, 0.717) is 18.0 Å². The molecule has 3 N–H and O–H groups in total. The summed E-state index contributed by atoms with van der Waals surface area (Å²) in [6, 6.07) is 4.95. The molecule has 0 unspecified atom stereocenters. The first kappa shape index (κ1) is 18.1. The van der Waals surface area contributed by atoms with Gasteiger partial charge in [0, 0.05) is 19.6 Å². The Morgan fingerprint density at radius 3 is 2.36 bits per heavy atom. The summed E-state index contributed by atoms with van der Waals surface area (Å²) in [5.74, 6) is 1.20. The fourth-order valence-corrected chi connectivity index (χ4v) is 2.12. The normalized spacial score (nSPS) is 10.9. The highest BCUT2D eigenvalue weighted by Gasteiger charge is 2.06. The summed E-state index contributed by atoms with van der Waals surface area (Å²) in [7, 11) is -0.152. The van der Waals surface area contributed by atoms with Gasteiger partial charge in [-0.15, -0.1) is 0 Å². The molecule has 1 rings (SSSR count). The molecule has 0 radical (unpaired) electrons. The average Bonchev–Trinajstić information content (AvgIpc) is 2.48. The molecule has 0 fully saturated rings. The van der Waals surface area contributed by atoms with Crippen LogP contribution in [0.4, 0.5) is 4.79 Å². The van der Waals surface area contributed by atoms with Gasteiger partial charge in [0.1, 0.15) is 0 Å². The number of carbonyl (C=O) groups excluding carboxylic acids is 1. The van der Waals surface area contributed by atoms with E-state index < -0.39 is 10.0 Å². The molecule has 8 nitrogen and oxygen atoms in total. The largest absolute Gasteiger partial charge is 0.493 e. The lowest BCUT2D eigenvalue weighted by Gasteiger charge is -2.11. The van der Waals surface area contributed by atoms with E-state index in [1.807, 2.05) is 6.07 Å². The lowest BCUT2D eigenvalue weighted by Crippen LogP contribution is -2.39. The van der Waals surface area contributed by atoms with E-state index in [2.05, 4.69) is 15.4 Å². The number of amides is 2. The number of nitrogens with one attached hydrogen (secondary N) is 3. The minimum Gasteiger partial charge on any atom is -0.493 e. The Labute approximate surface area is 130 Å². The molecule has 0 heterocycles. The van der Waals surface area contributed by atoms with Gasteiger partial charge in [-0.05, 0) is 17.7 Å². The van der Waals surface area contributed by atoms with Crippen molar-refractivity contribution < 1.29 is 22.7 Å². The summed E-state index contributed by atoms with van der Waals surface area (Å²) in [4.78, 5) is 11.6. The fourth-order valence-electron chi connectivity index (χ4n) is 1.65. The van der Waals surface area contributed by atoms with Crippen molar-refractivity contribution in [3.63, 3.8) is 0 Å². The Morgan fingerprint density at radius 2 is 1.77 bits per heavy atom. The Hall–Kier alpha value is -2.00. The molecule has 1 aromatic carbocycles.